The Hall–Kier alpha value is -0.850. The largest absolute Gasteiger partial charge is 0.284 e. The van der Waals surface area contributed by atoms with Crippen molar-refractivity contribution in [2.24, 2.45) is 0 Å². The quantitative estimate of drug-likeness (QED) is 0.688. The molecule has 70 valence electrons. The molecule has 0 radical (unpaired) electrons. The molecular weight excluding hydrogens is 180 g/mol. The number of nitrogens with zero attached hydrogens (tertiary/aromatic N) is 2. The van der Waals surface area contributed by atoms with E-state index in [0.717, 1.165) is 6.54 Å². The fourth-order valence-electron chi connectivity index (χ4n) is 1.13. The molecule has 0 bridgehead atoms. The van der Waals surface area contributed by atoms with Crippen molar-refractivity contribution in [2.75, 3.05) is 6.54 Å². The molecule has 0 spiro atoms. The number of rotatable bonds is 4. The van der Waals surface area contributed by atoms with Crippen molar-refractivity contribution in [1.29, 1.82) is 5.26 Å². The highest BCUT2D eigenvalue weighted by Crippen LogP contribution is 2.11. The molecule has 1 aromatic rings. The third-order valence-electron chi connectivity index (χ3n) is 1.97. The van der Waals surface area contributed by atoms with Gasteiger partial charge in [-0.3, -0.25) is 4.90 Å². The normalized spacial score (nSPS) is 10.7. The van der Waals surface area contributed by atoms with Crippen LogP contribution >= 0.6 is 11.3 Å². The van der Waals surface area contributed by atoms with Crippen LogP contribution in [0.25, 0.3) is 0 Å². The first kappa shape index (κ1) is 10.2. The van der Waals surface area contributed by atoms with Crippen LogP contribution in [0.3, 0.4) is 0 Å². The van der Waals surface area contributed by atoms with Crippen LogP contribution in [0.5, 0.6) is 0 Å². The molecule has 2 nitrogen and oxygen atoms in total. The topological polar surface area (TPSA) is 27.0 Å². The van der Waals surface area contributed by atoms with Gasteiger partial charge in [0.05, 0.1) is 12.6 Å². The summed E-state index contributed by atoms with van der Waals surface area (Å²) in [4.78, 5) is 2.15. The number of thiophene rings is 1. The van der Waals surface area contributed by atoms with Crippen molar-refractivity contribution < 1.29 is 0 Å². The molecule has 0 amide bonds. The molecule has 0 aromatic carbocycles. The molecule has 0 aliphatic rings. The molecule has 1 heterocycles. The van der Waals surface area contributed by atoms with Gasteiger partial charge in [-0.2, -0.15) is 16.6 Å². The van der Waals surface area contributed by atoms with Gasteiger partial charge in [-0.1, -0.05) is 0 Å². The van der Waals surface area contributed by atoms with Gasteiger partial charge in [0.25, 0.3) is 0 Å². The minimum Gasteiger partial charge on any atom is -0.284 e. The number of hydrogen-bond acceptors (Lipinski definition) is 3. The summed E-state index contributed by atoms with van der Waals surface area (Å²) >= 11 is 1.70. The molecule has 0 unspecified atom stereocenters. The van der Waals surface area contributed by atoms with Crippen LogP contribution in [0.2, 0.25) is 0 Å². The Balaban J connectivity index is 2.53. The second kappa shape index (κ2) is 5.00. The van der Waals surface area contributed by atoms with E-state index in [1.54, 1.807) is 11.3 Å². The second-order valence-corrected chi connectivity index (χ2v) is 4.07. The van der Waals surface area contributed by atoms with Crippen LogP contribution in [0, 0.1) is 11.3 Å². The summed E-state index contributed by atoms with van der Waals surface area (Å²) in [5.41, 5.74) is 1.30. The summed E-state index contributed by atoms with van der Waals surface area (Å²) < 4.78 is 0. The van der Waals surface area contributed by atoms with E-state index in [4.69, 9.17) is 5.26 Å². The molecule has 13 heavy (non-hydrogen) atoms. The molecule has 1 rings (SSSR count). The lowest BCUT2D eigenvalue weighted by molar-refractivity contribution is 0.240. The lowest BCUT2D eigenvalue weighted by Gasteiger charge is -2.22. The average Bonchev–Trinajstić information content (AvgIpc) is 2.56. The van der Waals surface area contributed by atoms with Gasteiger partial charge in [0.1, 0.15) is 0 Å². The van der Waals surface area contributed by atoms with Crippen LogP contribution in [0.4, 0.5) is 0 Å². The zero-order valence-electron chi connectivity index (χ0n) is 8.03. The lowest BCUT2D eigenvalue weighted by Crippen LogP contribution is -2.30. The molecule has 3 heteroatoms. The zero-order chi connectivity index (χ0) is 9.68. The van der Waals surface area contributed by atoms with Gasteiger partial charge in [0.2, 0.25) is 0 Å². The summed E-state index contributed by atoms with van der Waals surface area (Å²) in [6.07, 6.45) is 0. The van der Waals surface area contributed by atoms with E-state index in [1.807, 2.05) is 0 Å². The highest BCUT2D eigenvalue weighted by Gasteiger charge is 2.08. The molecule has 0 atom stereocenters. The predicted octanol–water partition coefficient (Wildman–Crippen LogP) is 2.48. The Kier molecular flexibility index (Phi) is 3.94. The highest BCUT2D eigenvalue weighted by atomic mass is 32.1. The summed E-state index contributed by atoms with van der Waals surface area (Å²) in [6, 6.07) is 4.73. The molecule has 0 saturated heterocycles. The fourth-order valence-corrected chi connectivity index (χ4v) is 1.79. The monoisotopic (exact) mass is 194 g/mol. The van der Waals surface area contributed by atoms with Gasteiger partial charge in [0.15, 0.2) is 0 Å². The minimum absolute atomic E-state index is 0.430. The number of nitriles is 1. The van der Waals surface area contributed by atoms with Crippen LogP contribution in [0.15, 0.2) is 16.8 Å². The van der Waals surface area contributed by atoms with Gasteiger partial charge < -0.3 is 0 Å². The van der Waals surface area contributed by atoms with Gasteiger partial charge in [0, 0.05) is 12.6 Å². The maximum absolute atomic E-state index is 8.63. The summed E-state index contributed by atoms with van der Waals surface area (Å²) in [5.74, 6) is 0. The van der Waals surface area contributed by atoms with Crippen LogP contribution in [0.1, 0.15) is 19.4 Å². The molecule has 0 N–H and O–H groups in total. The molecule has 0 aliphatic heterocycles. The van der Waals surface area contributed by atoms with Gasteiger partial charge in [-0.25, -0.2) is 0 Å². The lowest BCUT2D eigenvalue weighted by atomic mass is 10.2. The van der Waals surface area contributed by atoms with Crippen molar-refractivity contribution in [3.63, 3.8) is 0 Å². The molecular formula is C10H14N2S. The summed E-state index contributed by atoms with van der Waals surface area (Å²) in [7, 11) is 0. The maximum atomic E-state index is 8.63. The number of hydrogen-bond donors (Lipinski definition) is 0. The first-order valence-electron chi connectivity index (χ1n) is 4.36. The third-order valence-corrected chi connectivity index (χ3v) is 2.70. The third kappa shape index (κ3) is 3.17. The SMILES string of the molecule is CC(C)N(CC#N)Cc1ccsc1. The van der Waals surface area contributed by atoms with Crippen molar-refractivity contribution in [1.82, 2.24) is 4.90 Å². The Bertz CT molecular complexity index is 272. The van der Waals surface area contributed by atoms with Crippen molar-refractivity contribution >= 4 is 11.3 Å². The molecule has 0 aliphatic carbocycles. The second-order valence-electron chi connectivity index (χ2n) is 3.29. The first-order valence-corrected chi connectivity index (χ1v) is 5.30. The van der Waals surface area contributed by atoms with Gasteiger partial charge in [-0.15, -0.1) is 0 Å². The van der Waals surface area contributed by atoms with Crippen molar-refractivity contribution in [2.45, 2.75) is 26.4 Å². The van der Waals surface area contributed by atoms with E-state index in [-0.39, 0.29) is 0 Å². The first-order chi connectivity index (χ1) is 6.24. The predicted molar refractivity (Wildman–Crippen MR) is 55.5 cm³/mol. The van der Waals surface area contributed by atoms with E-state index in [2.05, 4.69) is 41.6 Å². The van der Waals surface area contributed by atoms with Crippen LogP contribution < -0.4 is 0 Å². The van der Waals surface area contributed by atoms with Gasteiger partial charge >= 0.3 is 0 Å². The highest BCUT2D eigenvalue weighted by molar-refractivity contribution is 7.07. The van der Waals surface area contributed by atoms with E-state index >= 15 is 0 Å². The van der Waals surface area contributed by atoms with E-state index in [1.165, 1.54) is 5.56 Å². The van der Waals surface area contributed by atoms with E-state index in [9.17, 15) is 0 Å². The molecule has 0 fully saturated rings. The standard InChI is InChI=1S/C10H14N2S/c1-9(2)12(5-4-11)7-10-3-6-13-8-10/h3,6,8-9H,5,7H2,1-2H3. The van der Waals surface area contributed by atoms with E-state index in [0.29, 0.717) is 12.6 Å². The van der Waals surface area contributed by atoms with Crippen molar-refractivity contribution in [3.05, 3.63) is 22.4 Å². The van der Waals surface area contributed by atoms with Crippen LogP contribution in [-0.2, 0) is 6.54 Å². The molecule has 1 aromatic heterocycles. The summed E-state index contributed by atoms with van der Waals surface area (Å²) in [5, 5.41) is 12.8. The average molecular weight is 194 g/mol. The maximum Gasteiger partial charge on any atom is 0.0871 e. The van der Waals surface area contributed by atoms with E-state index < -0.39 is 0 Å². The molecule has 0 saturated carbocycles. The van der Waals surface area contributed by atoms with Crippen LogP contribution in [-0.4, -0.2) is 17.5 Å². The Morgan fingerprint density at radius 3 is 2.85 bits per heavy atom. The van der Waals surface area contributed by atoms with Crippen molar-refractivity contribution in [3.8, 4) is 6.07 Å². The summed E-state index contributed by atoms with van der Waals surface area (Å²) in [6.45, 7) is 5.62. The fraction of sp³-hybridized carbons (Fsp3) is 0.500. The smallest absolute Gasteiger partial charge is 0.0871 e. The minimum atomic E-state index is 0.430. The Morgan fingerprint density at radius 1 is 1.62 bits per heavy atom. The Labute approximate surface area is 83.4 Å². The zero-order valence-corrected chi connectivity index (χ0v) is 8.84. The Morgan fingerprint density at radius 2 is 2.38 bits per heavy atom. The van der Waals surface area contributed by atoms with Gasteiger partial charge in [-0.05, 0) is 36.2 Å².